The van der Waals surface area contributed by atoms with E-state index in [0.717, 1.165) is 13.0 Å². The van der Waals surface area contributed by atoms with Gasteiger partial charge < -0.3 is 20.3 Å². The second-order valence-corrected chi connectivity index (χ2v) is 6.31. The first-order chi connectivity index (χ1) is 11.8. The molecule has 138 valence electrons. The molecule has 1 aliphatic rings. The lowest BCUT2D eigenvalue weighted by molar-refractivity contribution is -0.134. The number of carboxylic acids is 2. The van der Waals surface area contributed by atoms with Gasteiger partial charge in [-0.2, -0.15) is 0 Å². The highest BCUT2D eigenvalue weighted by atomic mass is 35.5. The summed E-state index contributed by atoms with van der Waals surface area (Å²) >= 11 is 12.0. The molecule has 8 heteroatoms. The Bertz CT molecular complexity index is 601. The fraction of sp³-hybridized carbons (Fsp3) is 0.412. The van der Waals surface area contributed by atoms with Gasteiger partial charge in [0.2, 0.25) is 0 Å². The quantitative estimate of drug-likeness (QED) is 0.589. The van der Waals surface area contributed by atoms with Gasteiger partial charge in [0.25, 0.3) is 0 Å². The third kappa shape index (κ3) is 9.34. The number of halogens is 2. The predicted molar refractivity (Wildman–Crippen MR) is 96.6 cm³/mol. The van der Waals surface area contributed by atoms with E-state index in [0.29, 0.717) is 33.9 Å². The van der Waals surface area contributed by atoms with E-state index >= 15 is 0 Å². The van der Waals surface area contributed by atoms with Crippen molar-refractivity contribution in [3.05, 3.63) is 40.4 Å². The zero-order valence-corrected chi connectivity index (χ0v) is 15.3. The van der Waals surface area contributed by atoms with Crippen LogP contribution in [0.5, 0.6) is 5.75 Å². The van der Waals surface area contributed by atoms with E-state index in [2.05, 4.69) is 5.32 Å². The number of hydrogen-bond donors (Lipinski definition) is 3. The van der Waals surface area contributed by atoms with E-state index in [9.17, 15) is 9.59 Å². The first-order valence-electron chi connectivity index (χ1n) is 7.73. The van der Waals surface area contributed by atoms with E-state index in [4.69, 9.17) is 38.2 Å². The maximum atomic E-state index is 9.55. The van der Waals surface area contributed by atoms with Crippen LogP contribution in [0, 0.1) is 5.92 Å². The first kappa shape index (κ1) is 21.3. The number of benzene rings is 1. The van der Waals surface area contributed by atoms with Gasteiger partial charge in [-0.15, -0.1) is 0 Å². The van der Waals surface area contributed by atoms with E-state index in [-0.39, 0.29) is 6.10 Å². The molecule has 0 spiro atoms. The topological polar surface area (TPSA) is 95.9 Å². The number of hydrogen-bond acceptors (Lipinski definition) is 4. The fourth-order valence-electron chi connectivity index (χ4n) is 2.02. The fourth-order valence-corrected chi connectivity index (χ4v) is 2.34. The Labute approximate surface area is 156 Å². The van der Waals surface area contributed by atoms with Crippen molar-refractivity contribution in [1.82, 2.24) is 5.32 Å². The Morgan fingerprint density at radius 1 is 1.28 bits per heavy atom. The van der Waals surface area contributed by atoms with Gasteiger partial charge in [-0.3, -0.25) is 0 Å². The Kier molecular flexibility index (Phi) is 9.34. The summed E-state index contributed by atoms with van der Waals surface area (Å²) in [5, 5.41) is 20.1. The molecule has 1 aliphatic carbocycles. The average molecular weight is 390 g/mol. The molecule has 1 fully saturated rings. The average Bonchev–Trinajstić information content (AvgIpc) is 3.38. The Morgan fingerprint density at radius 3 is 2.36 bits per heavy atom. The van der Waals surface area contributed by atoms with Crippen molar-refractivity contribution in [2.75, 3.05) is 13.6 Å². The van der Waals surface area contributed by atoms with Gasteiger partial charge in [0.05, 0.1) is 5.02 Å². The monoisotopic (exact) mass is 389 g/mol. The van der Waals surface area contributed by atoms with E-state index < -0.39 is 11.9 Å². The molecule has 0 amide bonds. The van der Waals surface area contributed by atoms with Crippen molar-refractivity contribution in [1.29, 1.82) is 0 Å². The summed E-state index contributed by atoms with van der Waals surface area (Å²) in [5.74, 6) is -1.13. The molecule has 0 radical (unpaired) electrons. The molecular formula is C17H21Cl2NO5. The van der Waals surface area contributed by atoms with Crippen LogP contribution in [-0.2, 0) is 9.59 Å². The Morgan fingerprint density at radius 2 is 1.88 bits per heavy atom. The molecule has 1 aromatic rings. The summed E-state index contributed by atoms with van der Waals surface area (Å²) in [4.78, 5) is 19.1. The van der Waals surface area contributed by atoms with Gasteiger partial charge in [0, 0.05) is 23.2 Å². The van der Waals surface area contributed by atoms with Gasteiger partial charge in [0.1, 0.15) is 11.9 Å². The molecule has 1 aromatic carbocycles. The second kappa shape index (κ2) is 11.0. The lowest BCUT2D eigenvalue weighted by Gasteiger charge is -2.19. The summed E-state index contributed by atoms with van der Waals surface area (Å²) in [6, 6.07) is 5.34. The number of carbonyl (C=O) groups is 2. The first-order valence-corrected chi connectivity index (χ1v) is 8.49. The number of aliphatic carboxylic acids is 2. The molecule has 1 atom stereocenters. The van der Waals surface area contributed by atoms with Crippen molar-refractivity contribution in [2.24, 2.45) is 5.92 Å². The molecule has 0 aromatic heterocycles. The van der Waals surface area contributed by atoms with Gasteiger partial charge in [-0.1, -0.05) is 23.2 Å². The molecule has 6 nitrogen and oxygen atoms in total. The van der Waals surface area contributed by atoms with Gasteiger partial charge in [-0.05, 0) is 50.9 Å². The highest BCUT2D eigenvalue weighted by Gasteiger charge is 2.32. The number of ether oxygens (including phenoxy) is 1. The predicted octanol–water partition coefficient (Wildman–Crippen LogP) is 3.47. The minimum absolute atomic E-state index is 0.249. The summed E-state index contributed by atoms with van der Waals surface area (Å²) in [5.41, 5.74) is 0. The third-order valence-electron chi connectivity index (χ3n) is 3.37. The van der Waals surface area contributed by atoms with E-state index in [1.165, 1.54) is 12.8 Å². The van der Waals surface area contributed by atoms with Crippen LogP contribution in [0.15, 0.2) is 30.4 Å². The Balaban J connectivity index is 0.000000333. The lowest BCUT2D eigenvalue weighted by atomic mass is 10.1. The van der Waals surface area contributed by atoms with Gasteiger partial charge in [-0.25, -0.2) is 9.59 Å². The number of rotatable bonds is 8. The van der Waals surface area contributed by atoms with E-state index in [1.54, 1.807) is 18.2 Å². The van der Waals surface area contributed by atoms with Crippen LogP contribution in [0.25, 0.3) is 0 Å². The molecule has 2 rings (SSSR count). The zero-order valence-electron chi connectivity index (χ0n) is 13.7. The molecule has 0 saturated heterocycles. The molecule has 25 heavy (non-hydrogen) atoms. The summed E-state index contributed by atoms with van der Waals surface area (Å²) in [6.45, 7) is 0.958. The van der Waals surface area contributed by atoms with Gasteiger partial charge in [0.15, 0.2) is 0 Å². The minimum Gasteiger partial charge on any atom is -0.488 e. The van der Waals surface area contributed by atoms with Gasteiger partial charge >= 0.3 is 11.9 Å². The van der Waals surface area contributed by atoms with Crippen LogP contribution >= 0.6 is 23.2 Å². The van der Waals surface area contributed by atoms with Crippen molar-refractivity contribution >= 4 is 35.1 Å². The summed E-state index contributed by atoms with van der Waals surface area (Å²) in [7, 11) is 1.95. The summed E-state index contributed by atoms with van der Waals surface area (Å²) < 4.78 is 6.00. The smallest absolute Gasteiger partial charge is 0.328 e. The van der Waals surface area contributed by atoms with Crippen molar-refractivity contribution in [3.8, 4) is 5.75 Å². The molecule has 1 unspecified atom stereocenters. The molecule has 0 heterocycles. The third-order valence-corrected chi connectivity index (χ3v) is 3.91. The number of nitrogens with one attached hydrogen (secondary N) is 1. The van der Waals surface area contributed by atoms with Crippen LogP contribution in [-0.4, -0.2) is 41.8 Å². The molecule has 0 aliphatic heterocycles. The maximum Gasteiger partial charge on any atom is 0.328 e. The molecule has 0 bridgehead atoms. The van der Waals surface area contributed by atoms with Crippen LogP contribution in [0.1, 0.15) is 19.3 Å². The Hall–Kier alpha value is -1.76. The van der Waals surface area contributed by atoms with Crippen LogP contribution in [0.2, 0.25) is 10.0 Å². The minimum atomic E-state index is -1.26. The van der Waals surface area contributed by atoms with Crippen molar-refractivity contribution < 1.29 is 24.5 Å². The lowest BCUT2D eigenvalue weighted by Crippen LogP contribution is -2.24. The normalized spacial score (nSPS) is 14.5. The molecule has 3 N–H and O–H groups in total. The zero-order chi connectivity index (χ0) is 18.8. The standard InChI is InChI=1S/C13H17Cl2NO.C4H4O4/c1-16-7-6-12(9-2-3-9)17-13-8-10(14)4-5-11(13)15;5-3(6)1-2-4(7)8/h4-5,8-9,12,16H,2-3,6-7H2,1H3;1-2H,(H,5,6)(H,7,8)/b;2-1+. The maximum absolute atomic E-state index is 9.55. The van der Waals surface area contributed by atoms with Crippen molar-refractivity contribution in [2.45, 2.75) is 25.4 Å². The summed E-state index contributed by atoms with van der Waals surface area (Å²) in [6.07, 6.45) is 4.88. The van der Waals surface area contributed by atoms with Crippen molar-refractivity contribution in [3.63, 3.8) is 0 Å². The largest absolute Gasteiger partial charge is 0.488 e. The van der Waals surface area contributed by atoms with Crippen LogP contribution in [0.3, 0.4) is 0 Å². The van der Waals surface area contributed by atoms with E-state index in [1.807, 2.05) is 7.05 Å². The SMILES string of the molecule is CNCCC(Oc1cc(Cl)ccc1Cl)C1CC1.O=C(O)/C=C/C(=O)O. The van der Waals surface area contributed by atoms with Crippen LogP contribution < -0.4 is 10.1 Å². The second-order valence-electron chi connectivity index (χ2n) is 5.47. The highest BCUT2D eigenvalue weighted by molar-refractivity contribution is 6.34. The molecular weight excluding hydrogens is 369 g/mol. The molecule has 1 saturated carbocycles. The van der Waals surface area contributed by atoms with Crippen LogP contribution in [0.4, 0.5) is 0 Å². The number of carboxylic acid groups (broad SMARTS) is 2. The highest BCUT2D eigenvalue weighted by Crippen LogP contribution is 2.38.